The zero-order chi connectivity index (χ0) is 11.2. The van der Waals surface area contributed by atoms with E-state index in [0.717, 1.165) is 5.33 Å². The summed E-state index contributed by atoms with van der Waals surface area (Å²) in [4.78, 5) is 0. The highest BCUT2D eigenvalue weighted by Crippen LogP contribution is 2.15. The maximum atomic E-state index is 3.50. The predicted octanol–water partition coefficient (Wildman–Crippen LogP) is 4.75. The molecule has 2 aromatic carbocycles. The summed E-state index contributed by atoms with van der Waals surface area (Å²) in [5.74, 6) is 0. The maximum absolute atomic E-state index is 3.50. The van der Waals surface area contributed by atoms with Gasteiger partial charge in [-0.3, -0.25) is 0 Å². The lowest BCUT2D eigenvalue weighted by atomic mass is 10.1. The van der Waals surface area contributed by atoms with Gasteiger partial charge in [0.15, 0.2) is 0 Å². The van der Waals surface area contributed by atoms with Gasteiger partial charge in [0.25, 0.3) is 0 Å². The molecule has 0 saturated carbocycles. The Hall–Kier alpha value is -1.34. The average Bonchev–Trinajstić information content (AvgIpc) is 2.38. The first-order valence-electron chi connectivity index (χ1n) is 5.27. The Balaban J connectivity index is 2.24. The van der Waals surface area contributed by atoms with Crippen LogP contribution in [0.4, 0.5) is 0 Å². The van der Waals surface area contributed by atoms with Crippen molar-refractivity contribution in [2.24, 2.45) is 0 Å². The minimum atomic E-state index is 0.891. The van der Waals surface area contributed by atoms with E-state index < -0.39 is 0 Å². The molecule has 0 N–H and O–H groups in total. The summed E-state index contributed by atoms with van der Waals surface area (Å²) < 4.78 is 0. The van der Waals surface area contributed by atoms with E-state index in [0.29, 0.717) is 0 Å². The zero-order valence-corrected chi connectivity index (χ0v) is 10.5. The molecule has 0 spiro atoms. The monoisotopic (exact) mass is 272 g/mol. The van der Waals surface area contributed by atoms with E-state index in [1.165, 1.54) is 16.7 Å². The molecule has 0 saturated heterocycles. The molecule has 16 heavy (non-hydrogen) atoms. The number of alkyl halides is 1. The second-order valence-electron chi connectivity index (χ2n) is 3.58. The van der Waals surface area contributed by atoms with Crippen LogP contribution >= 0.6 is 15.9 Å². The lowest BCUT2D eigenvalue weighted by Gasteiger charge is -2.01. The van der Waals surface area contributed by atoms with Gasteiger partial charge in [0.2, 0.25) is 0 Å². The Labute approximate surface area is 105 Å². The summed E-state index contributed by atoms with van der Waals surface area (Å²) in [7, 11) is 0. The third-order valence-corrected chi connectivity index (χ3v) is 3.06. The van der Waals surface area contributed by atoms with Gasteiger partial charge < -0.3 is 0 Å². The van der Waals surface area contributed by atoms with E-state index in [2.05, 4.69) is 76.6 Å². The van der Waals surface area contributed by atoms with Crippen molar-refractivity contribution in [2.75, 3.05) is 0 Å². The molecule has 0 amide bonds. The zero-order valence-electron chi connectivity index (χ0n) is 8.94. The fraction of sp³-hybridized carbons (Fsp3) is 0.0667. The van der Waals surface area contributed by atoms with Crippen molar-refractivity contribution in [3.8, 4) is 0 Å². The van der Waals surface area contributed by atoms with Gasteiger partial charge in [-0.05, 0) is 16.7 Å². The van der Waals surface area contributed by atoms with E-state index in [-0.39, 0.29) is 0 Å². The molecule has 1 heteroatoms. The van der Waals surface area contributed by atoms with Crippen LogP contribution in [-0.2, 0) is 5.33 Å². The van der Waals surface area contributed by atoms with E-state index in [1.54, 1.807) is 0 Å². The molecule has 0 fully saturated rings. The molecular formula is C15H13Br. The van der Waals surface area contributed by atoms with E-state index in [4.69, 9.17) is 0 Å². The quantitative estimate of drug-likeness (QED) is 0.559. The van der Waals surface area contributed by atoms with E-state index >= 15 is 0 Å². The highest BCUT2D eigenvalue weighted by molar-refractivity contribution is 9.08. The van der Waals surface area contributed by atoms with Crippen LogP contribution in [0.25, 0.3) is 12.2 Å². The summed E-state index contributed by atoms with van der Waals surface area (Å²) in [6.07, 6.45) is 4.30. The first-order chi connectivity index (χ1) is 7.90. The lowest BCUT2D eigenvalue weighted by molar-refractivity contribution is 1.41. The molecule has 0 unspecified atom stereocenters. The largest absolute Gasteiger partial charge is 0.0876 e. The van der Waals surface area contributed by atoms with Crippen molar-refractivity contribution in [3.63, 3.8) is 0 Å². The van der Waals surface area contributed by atoms with Crippen LogP contribution in [0.1, 0.15) is 16.7 Å². The average molecular weight is 273 g/mol. The van der Waals surface area contributed by atoms with Crippen LogP contribution in [0.2, 0.25) is 0 Å². The van der Waals surface area contributed by atoms with Crippen molar-refractivity contribution >= 4 is 28.1 Å². The minimum absolute atomic E-state index is 0.891. The predicted molar refractivity (Wildman–Crippen MR) is 74.4 cm³/mol. The van der Waals surface area contributed by atoms with E-state index in [1.807, 2.05) is 6.07 Å². The van der Waals surface area contributed by atoms with Gasteiger partial charge in [-0.2, -0.15) is 0 Å². The summed E-state index contributed by atoms with van der Waals surface area (Å²) in [5, 5.41) is 0.891. The second-order valence-corrected chi connectivity index (χ2v) is 4.14. The van der Waals surface area contributed by atoms with Crippen LogP contribution in [-0.4, -0.2) is 0 Å². The summed E-state index contributed by atoms with van der Waals surface area (Å²) in [6, 6.07) is 18.7. The fourth-order valence-electron chi connectivity index (χ4n) is 1.57. The van der Waals surface area contributed by atoms with Crippen LogP contribution in [0.3, 0.4) is 0 Å². The van der Waals surface area contributed by atoms with Crippen molar-refractivity contribution in [2.45, 2.75) is 5.33 Å². The lowest BCUT2D eigenvalue weighted by Crippen LogP contribution is -1.82. The number of hydrogen-bond donors (Lipinski definition) is 0. The fourth-order valence-corrected chi connectivity index (χ4v) is 2.08. The smallest absolute Gasteiger partial charge is 0.0288 e. The van der Waals surface area contributed by atoms with Gasteiger partial charge in [0, 0.05) is 5.33 Å². The standard InChI is InChI=1S/C15H13Br/c16-12-15-9-5-4-8-14(15)11-10-13-6-2-1-3-7-13/h1-11H,12H2/b11-10+. The molecule has 2 rings (SSSR count). The Morgan fingerprint density at radius 3 is 2.25 bits per heavy atom. The van der Waals surface area contributed by atoms with E-state index in [9.17, 15) is 0 Å². The molecule has 0 aliphatic carbocycles. The molecule has 0 bridgehead atoms. The topological polar surface area (TPSA) is 0 Å². The minimum Gasteiger partial charge on any atom is -0.0876 e. The summed E-state index contributed by atoms with van der Waals surface area (Å²) >= 11 is 3.50. The maximum Gasteiger partial charge on any atom is 0.0288 e. The molecular weight excluding hydrogens is 260 g/mol. The first kappa shape index (κ1) is 11.2. The highest BCUT2D eigenvalue weighted by atomic mass is 79.9. The Morgan fingerprint density at radius 1 is 0.812 bits per heavy atom. The van der Waals surface area contributed by atoms with Gasteiger partial charge in [-0.15, -0.1) is 0 Å². The van der Waals surface area contributed by atoms with Gasteiger partial charge in [-0.1, -0.05) is 82.7 Å². The second kappa shape index (κ2) is 5.66. The Bertz CT molecular complexity index is 472. The van der Waals surface area contributed by atoms with Crippen LogP contribution in [0, 0.1) is 0 Å². The van der Waals surface area contributed by atoms with Crippen molar-refractivity contribution in [3.05, 3.63) is 71.3 Å². The summed E-state index contributed by atoms with van der Waals surface area (Å²) in [5.41, 5.74) is 3.81. The molecule has 0 nitrogen and oxygen atoms in total. The number of halogens is 1. The molecule has 0 aromatic heterocycles. The molecule has 0 aliphatic heterocycles. The number of benzene rings is 2. The summed E-state index contributed by atoms with van der Waals surface area (Å²) in [6.45, 7) is 0. The van der Waals surface area contributed by atoms with Crippen LogP contribution < -0.4 is 0 Å². The third kappa shape index (κ3) is 2.83. The van der Waals surface area contributed by atoms with Gasteiger partial charge in [0.05, 0.1) is 0 Å². The normalized spacial score (nSPS) is 10.8. The highest BCUT2D eigenvalue weighted by Gasteiger charge is 1.95. The van der Waals surface area contributed by atoms with Crippen molar-refractivity contribution in [1.29, 1.82) is 0 Å². The third-order valence-electron chi connectivity index (χ3n) is 2.45. The first-order valence-corrected chi connectivity index (χ1v) is 6.39. The van der Waals surface area contributed by atoms with Crippen LogP contribution in [0.5, 0.6) is 0 Å². The molecule has 80 valence electrons. The SMILES string of the molecule is BrCc1ccccc1/C=C/c1ccccc1. The van der Waals surface area contributed by atoms with Gasteiger partial charge in [0.1, 0.15) is 0 Å². The number of rotatable bonds is 3. The van der Waals surface area contributed by atoms with Crippen molar-refractivity contribution < 1.29 is 0 Å². The van der Waals surface area contributed by atoms with Crippen LogP contribution in [0.15, 0.2) is 54.6 Å². The van der Waals surface area contributed by atoms with Crippen molar-refractivity contribution in [1.82, 2.24) is 0 Å². The molecule has 0 heterocycles. The van der Waals surface area contributed by atoms with Gasteiger partial charge >= 0.3 is 0 Å². The molecule has 2 aromatic rings. The molecule has 0 radical (unpaired) electrons. The number of hydrogen-bond acceptors (Lipinski definition) is 0. The molecule has 0 aliphatic rings. The Morgan fingerprint density at radius 2 is 1.50 bits per heavy atom. The van der Waals surface area contributed by atoms with Gasteiger partial charge in [-0.25, -0.2) is 0 Å². The molecule has 0 atom stereocenters. The Kier molecular flexibility index (Phi) is 3.95.